The third-order valence-corrected chi connectivity index (χ3v) is 4.42. The quantitative estimate of drug-likeness (QED) is 0.277. The lowest BCUT2D eigenvalue weighted by molar-refractivity contribution is -0.132. The van der Waals surface area contributed by atoms with E-state index in [1.807, 2.05) is 18.2 Å². The molecule has 5 N–H and O–H groups in total. The molecule has 1 aliphatic heterocycles. The summed E-state index contributed by atoms with van der Waals surface area (Å²) in [6.07, 6.45) is 2.96. The zero-order valence-corrected chi connectivity index (χ0v) is 15.6. The van der Waals surface area contributed by atoms with Crippen molar-refractivity contribution >= 4 is 24.2 Å². The SMILES string of the molecule is N=C(N)NCCC[C@@H]([C]=O)N(C(=O)OCc1ccccc1)C(=O)[C@@H]1CCCN1. The van der Waals surface area contributed by atoms with E-state index in [-0.39, 0.29) is 19.0 Å². The van der Waals surface area contributed by atoms with Crippen LogP contribution >= 0.6 is 0 Å². The van der Waals surface area contributed by atoms with Gasteiger partial charge in [0.25, 0.3) is 0 Å². The summed E-state index contributed by atoms with van der Waals surface area (Å²) in [6.45, 7) is 1.02. The Balaban J connectivity index is 2.05. The zero-order valence-electron chi connectivity index (χ0n) is 15.6. The van der Waals surface area contributed by atoms with Crippen LogP contribution in [-0.4, -0.2) is 54.3 Å². The van der Waals surface area contributed by atoms with Crippen molar-refractivity contribution in [3.8, 4) is 0 Å². The predicted octanol–water partition coefficient (Wildman–Crippen LogP) is 0.645. The lowest BCUT2D eigenvalue weighted by Gasteiger charge is -2.27. The van der Waals surface area contributed by atoms with E-state index >= 15 is 0 Å². The van der Waals surface area contributed by atoms with Gasteiger partial charge in [0.1, 0.15) is 12.6 Å². The topological polar surface area (TPSA) is 138 Å². The third-order valence-electron chi connectivity index (χ3n) is 4.42. The second-order valence-corrected chi connectivity index (χ2v) is 6.51. The summed E-state index contributed by atoms with van der Waals surface area (Å²) in [6, 6.07) is 7.50. The fourth-order valence-corrected chi connectivity index (χ4v) is 2.98. The molecule has 151 valence electrons. The molecule has 1 aromatic rings. The van der Waals surface area contributed by atoms with Crippen LogP contribution in [0.1, 0.15) is 31.2 Å². The third kappa shape index (κ3) is 6.34. The van der Waals surface area contributed by atoms with E-state index in [9.17, 15) is 14.4 Å². The Bertz CT molecular complexity index is 676. The highest BCUT2D eigenvalue weighted by atomic mass is 16.6. The van der Waals surface area contributed by atoms with Crippen molar-refractivity contribution in [2.24, 2.45) is 5.73 Å². The van der Waals surface area contributed by atoms with Gasteiger partial charge in [-0.05, 0) is 37.8 Å². The largest absolute Gasteiger partial charge is 0.444 e. The van der Waals surface area contributed by atoms with Crippen LogP contribution < -0.4 is 16.4 Å². The minimum Gasteiger partial charge on any atom is -0.444 e. The summed E-state index contributed by atoms with van der Waals surface area (Å²) in [7, 11) is 0. The van der Waals surface area contributed by atoms with Crippen molar-refractivity contribution in [1.82, 2.24) is 15.5 Å². The maximum absolute atomic E-state index is 12.9. The molecule has 9 heteroatoms. The number of amides is 2. The van der Waals surface area contributed by atoms with Crippen LogP contribution in [0, 0.1) is 5.41 Å². The molecule has 0 aromatic heterocycles. The molecule has 1 aliphatic rings. The average molecular weight is 388 g/mol. The summed E-state index contributed by atoms with van der Waals surface area (Å²) in [4.78, 5) is 37.9. The average Bonchev–Trinajstić information content (AvgIpc) is 3.23. The maximum Gasteiger partial charge on any atom is 0.417 e. The van der Waals surface area contributed by atoms with E-state index in [4.69, 9.17) is 15.9 Å². The monoisotopic (exact) mass is 388 g/mol. The van der Waals surface area contributed by atoms with Crippen molar-refractivity contribution in [3.63, 3.8) is 0 Å². The Morgan fingerprint density at radius 1 is 1.39 bits per heavy atom. The number of nitrogens with two attached hydrogens (primary N) is 1. The minimum atomic E-state index is -1.06. The first kappa shape index (κ1) is 21.4. The molecule has 0 unspecified atom stereocenters. The Kier molecular flexibility index (Phi) is 8.41. The molecule has 0 bridgehead atoms. The molecule has 0 aliphatic carbocycles. The first-order valence-electron chi connectivity index (χ1n) is 9.25. The summed E-state index contributed by atoms with van der Waals surface area (Å²) in [5.74, 6) is -0.666. The van der Waals surface area contributed by atoms with Gasteiger partial charge in [0, 0.05) is 6.54 Å². The second kappa shape index (κ2) is 11.0. The van der Waals surface area contributed by atoms with Gasteiger partial charge in [-0.15, -0.1) is 0 Å². The van der Waals surface area contributed by atoms with Crippen LogP contribution in [0.4, 0.5) is 4.79 Å². The van der Waals surface area contributed by atoms with Gasteiger partial charge < -0.3 is 21.1 Å². The Labute approximate surface area is 164 Å². The van der Waals surface area contributed by atoms with Gasteiger partial charge in [0.05, 0.1) is 6.04 Å². The van der Waals surface area contributed by atoms with Gasteiger partial charge in [-0.2, -0.15) is 0 Å². The standard InChI is InChI=1S/C19H26N5O4/c20-18(21)23-11-4-8-15(12-25)24(17(26)16-9-5-10-22-16)19(27)28-13-14-6-2-1-3-7-14/h1-3,6-7,15-16,22H,4-5,8-11,13H2,(H4,20,21,23)/t15-,16-/m0/s1. The van der Waals surface area contributed by atoms with Crippen molar-refractivity contribution in [1.29, 1.82) is 5.41 Å². The normalized spacial score (nSPS) is 16.8. The van der Waals surface area contributed by atoms with Crippen molar-refractivity contribution < 1.29 is 19.1 Å². The van der Waals surface area contributed by atoms with Gasteiger partial charge in [0.2, 0.25) is 12.2 Å². The number of hydrogen-bond donors (Lipinski definition) is 4. The van der Waals surface area contributed by atoms with Crippen LogP contribution in [0.2, 0.25) is 0 Å². The summed E-state index contributed by atoms with van der Waals surface area (Å²) >= 11 is 0. The number of benzene rings is 1. The number of carbonyl (C=O) groups excluding carboxylic acids is 3. The van der Waals surface area contributed by atoms with Gasteiger partial charge >= 0.3 is 6.09 Å². The van der Waals surface area contributed by atoms with Crippen LogP contribution in [0.25, 0.3) is 0 Å². The molecule has 1 heterocycles. The molecule has 28 heavy (non-hydrogen) atoms. The smallest absolute Gasteiger partial charge is 0.417 e. The lowest BCUT2D eigenvalue weighted by atomic mass is 10.1. The van der Waals surface area contributed by atoms with Crippen LogP contribution in [0.5, 0.6) is 0 Å². The highest BCUT2D eigenvalue weighted by Crippen LogP contribution is 2.15. The first-order valence-corrected chi connectivity index (χ1v) is 9.25. The molecule has 2 atom stereocenters. The number of nitrogens with one attached hydrogen (secondary N) is 3. The number of guanidine groups is 1. The zero-order chi connectivity index (χ0) is 20.4. The highest BCUT2D eigenvalue weighted by Gasteiger charge is 2.36. The molecule has 1 fully saturated rings. The van der Waals surface area contributed by atoms with Crippen molar-refractivity contribution in [2.75, 3.05) is 13.1 Å². The van der Waals surface area contributed by atoms with Crippen molar-refractivity contribution in [3.05, 3.63) is 35.9 Å². The van der Waals surface area contributed by atoms with Gasteiger partial charge in [-0.1, -0.05) is 30.3 Å². The molecular formula is C19H26N5O4. The maximum atomic E-state index is 12.9. The number of ether oxygens (including phenoxy) is 1. The number of imide groups is 1. The molecule has 1 aromatic carbocycles. The summed E-state index contributed by atoms with van der Waals surface area (Å²) in [5, 5.41) is 12.8. The van der Waals surface area contributed by atoms with Crippen molar-refractivity contribution in [2.45, 2.75) is 44.4 Å². The van der Waals surface area contributed by atoms with E-state index in [1.165, 1.54) is 0 Å². The number of nitrogens with zero attached hydrogens (tertiary/aromatic N) is 1. The minimum absolute atomic E-state index is 0.000974. The second-order valence-electron chi connectivity index (χ2n) is 6.51. The number of hydrogen-bond acceptors (Lipinski definition) is 6. The molecule has 1 saturated heterocycles. The molecule has 1 radical (unpaired) electrons. The van der Waals surface area contributed by atoms with Gasteiger partial charge in [-0.3, -0.25) is 15.0 Å². The van der Waals surface area contributed by atoms with Crippen LogP contribution in [0.15, 0.2) is 30.3 Å². The first-order chi connectivity index (χ1) is 13.5. The van der Waals surface area contributed by atoms with E-state index in [2.05, 4.69) is 10.6 Å². The van der Waals surface area contributed by atoms with Crippen LogP contribution in [-0.2, 0) is 20.9 Å². The van der Waals surface area contributed by atoms with Crippen LogP contribution in [0.3, 0.4) is 0 Å². The fourth-order valence-electron chi connectivity index (χ4n) is 2.98. The molecule has 9 nitrogen and oxygen atoms in total. The Morgan fingerprint density at radius 2 is 2.14 bits per heavy atom. The fraction of sp³-hybridized carbons (Fsp3) is 0.474. The molecular weight excluding hydrogens is 362 g/mol. The van der Waals surface area contributed by atoms with E-state index in [0.29, 0.717) is 25.9 Å². The Morgan fingerprint density at radius 3 is 2.75 bits per heavy atom. The lowest BCUT2D eigenvalue weighted by Crippen LogP contribution is -2.52. The molecule has 2 amide bonds. The molecule has 0 spiro atoms. The Hall–Kier alpha value is -2.94. The van der Waals surface area contributed by atoms with Gasteiger partial charge in [-0.25, -0.2) is 9.69 Å². The summed E-state index contributed by atoms with van der Waals surface area (Å²) in [5.41, 5.74) is 6.00. The highest BCUT2D eigenvalue weighted by molar-refractivity contribution is 5.97. The molecule has 0 saturated carbocycles. The summed E-state index contributed by atoms with van der Waals surface area (Å²) < 4.78 is 5.29. The van der Waals surface area contributed by atoms with E-state index < -0.39 is 24.1 Å². The molecule has 2 rings (SSSR count). The predicted molar refractivity (Wildman–Crippen MR) is 103 cm³/mol. The number of carbonyl (C=O) groups is 2. The van der Waals surface area contributed by atoms with Gasteiger partial charge in [0.15, 0.2) is 5.96 Å². The van der Waals surface area contributed by atoms with E-state index in [1.54, 1.807) is 18.4 Å². The number of rotatable bonds is 9. The van der Waals surface area contributed by atoms with E-state index in [0.717, 1.165) is 16.9 Å².